The van der Waals surface area contributed by atoms with Gasteiger partial charge in [0.2, 0.25) is 5.91 Å². The molecule has 0 bridgehead atoms. The summed E-state index contributed by atoms with van der Waals surface area (Å²) in [5.74, 6) is 1.13. The minimum Gasteiger partial charge on any atom is -0.493 e. The summed E-state index contributed by atoms with van der Waals surface area (Å²) in [6.07, 6.45) is 0. The normalized spacial score (nSPS) is 14.0. The zero-order valence-corrected chi connectivity index (χ0v) is 13.4. The van der Waals surface area contributed by atoms with E-state index in [0.717, 1.165) is 22.5 Å². The van der Waals surface area contributed by atoms with Crippen LogP contribution < -0.4 is 14.4 Å². The molecule has 5 heteroatoms. The lowest BCUT2D eigenvalue weighted by atomic mass is 9.99. The number of benzene rings is 2. The number of fused-ring (bicyclic) bond motifs is 1. The van der Waals surface area contributed by atoms with Gasteiger partial charge in [-0.2, -0.15) is 0 Å². The standard InChI is InChI=1S/C18H18N2O3/c1-20-14-10-16(23-3)15(22-2)9-13(14)18(19-11-17(20)21)12-7-5-4-6-8-12/h4-10H,11H2,1-3H3. The highest BCUT2D eigenvalue weighted by atomic mass is 16.5. The van der Waals surface area contributed by atoms with Crippen LogP contribution in [0.1, 0.15) is 11.1 Å². The van der Waals surface area contributed by atoms with E-state index in [1.807, 2.05) is 42.5 Å². The fourth-order valence-electron chi connectivity index (χ4n) is 2.65. The summed E-state index contributed by atoms with van der Waals surface area (Å²) in [6.45, 7) is 0.111. The van der Waals surface area contributed by atoms with E-state index in [1.165, 1.54) is 0 Å². The Kier molecular flexibility index (Phi) is 4.02. The summed E-state index contributed by atoms with van der Waals surface area (Å²) in [5, 5.41) is 0. The molecule has 0 atom stereocenters. The number of aliphatic imine (C=N–C) groups is 1. The highest BCUT2D eigenvalue weighted by Gasteiger charge is 2.25. The van der Waals surface area contributed by atoms with Gasteiger partial charge >= 0.3 is 0 Å². The fraction of sp³-hybridized carbons (Fsp3) is 0.222. The van der Waals surface area contributed by atoms with Crippen LogP contribution >= 0.6 is 0 Å². The molecule has 0 radical (unpaired) electrons. The minimum absolute atomic E-state index is 0.0654. The van der Waals surface area contributed by atoms with Crippen LogP contribution in [-0.4, -0.2) is 39.4 Å². The molecule has 0 aliphatic carbocycles. The Morgan fingerprint density at radius 1 is 1.04 bits per heavy atom. The van der Waals surface area contributed by atoms with Gasteiger partial charge in [0.05, 0.1) is 25.6 Å². The molecule has 1 heterocycles. The van der Waals surface area contributed by atoms with Crippen LogP contribution in [0.4, 0.5) is 5.69 Å². The summed E-state index contributed by atoms with van der Waals surface area (Å²) in [7, 11) is 4.92. The number of nitrogens with zero attached hydrogens (tertiary/aromatic N) is 2. The van der Waals surface area contributed by atoms with Gasteiger partial charge in [0.15, 0.2) is 11.5 Å². The molecule has 118 valence electrons. The molecule has 3 rings (SSSR count). The fourth-order valence-corrected chi connectivity index (χ4v) is 2.65. The Morgan fingerprint density at radius 2 is 1.70 bits per heavy atom. The number of carbonyl (C=O) groups excluding carboxylic acids is 1. The van der Waals surface area contributed by atoms with Crippen molar-refractivity contribution < 1.29 is 14.3 Å². The molecular formula is C18H18N2O3. The number of amides is 1. The SMILES string of the molecule is COc1cc2c(cc1OC)N(C)C(=O)CN=C2c1ccccc1. The second kappa shape index (κ2) is 6.12. The van der Waals surface area contributed by atoms with Crippen LogP contribution in [0.2, 0.25) is 0 Å². The minimum atomic E-state index is -0.0654. The molecule has 1 amide bonds. The number of carbonyl (C=O) groups is 1. The Balaban J connectivity index is 2.25. The van der Waals surface area contributed by atoms with Gasteiger partial charge in [0, 0.05) is 24.2 Å². The molecule has 0 spiro atoms. The van der Waals surface area contributed by atoms with Gasteiger partial charge < -0.3 is 14.4 Å². The highest BCUT2D eigenvalue weighted by Crippen LogP contribution is 2.37. The first kappa shape index (κ1) is 15.1. The van der Waals surface area contributed by atoms with E-state index in [4.69, 9.17) is 9.47 Å². The van der Waals surface area contributed by atoms with Crippen molar-refractivity contribution in [1.29, 1.82) is 0 Å². The monoisotopic (exact) mass is 310 g/mol. The maximum Gasteiger partial charge on any atom is 0.248 e. The molecule has 2 aromatic rings. The number of ether oxygens (including phenoxy) is 2. The van der Waals surface area contributed by atoms with Crippen molar-refractivity contribution in [3.05, 3.63) is 53.6 Å². The van der Waals surface area contributed by atoms with Crippen LogP contribution in [0.5, 0.6) is 11.5 Å². The summed E-state index contributed by atoms with van der Waals surface area (Å²) >= 11 is 0. The van der Waals surface area contributed by atoms with Gasteiger partial charge in [-0.3, -0.25) is 9.79 Å². The third kappa shape index (κ3) is 2.65. The van der Waals surface area contributed by atoms with Crippen LogP contribution in [0, 0.1) is 0 Å². The third-order valence-corrected chi connectivity index (χ3v) is 3.91. The Labute approximate surface area is 135 Å². The highest BCUT2D eigenvalue weighted by molar-refractivity contribution is 6.19. The number of hydrogen-bond donors (Lipinski definition) is 0. The largest absolute Gasteiger partial charge is 0.493 e. The van der Waals surface area contributed by atoms with E-state index < -0.39 is 0 Å². The van der Waals surface area contributed by atoms with Crippen LogP contribution in [0.3, 0.4) is 0 Å². The quantitative estimate of drug-likeness (QED) is 0.875. The number of anilines is 1. The maximum absolute atomic E-state index is 12.3. The summed E-state index contributed by atoms with van der Waals surface area (Å²) in [4.78, 5) is 18.4. The van der Waals surface area contributed by atoms with Crippen molar-refractivity contribution in [2.24, 2.45) is 4.99 Å². The van der Waals surface area contributed by atoms with Gasteiger partial charge in [0.25, 0.3) is 0 Å². The molecule has 23 heavy (non-hydrogen) atoms. The van der Waals surface area contributed by atoms with E-state index >= 15 is 0 Å². The van der Waals surface area contributed by atoms with E-state index in [0.29, 0.717) is 11.5 Å². The lowest BCUT2D eigenvalue weighted by Gasteiger charge is -2.20. The first-order valence-electron chi connectivity index (χ1n) is 7.28. The zero-order valence-electron chi connectivity index (χ0n) is 13.4. The molecule has 0 N–H and O–H groups in total. The zero-order chi connectivity index (χ0) is 16.4. The number of rotatable bonds is 3. The lowest BCUT2D eigenvalue weighted by Crippen LogP contribution is -2.27. The molecule has 1 aliphatic heterocycles. The first-order chi connectivity index (χ1) is 11.2. The summed E-state index contributed by atoms with van der Waals surface area (Å²) < 4.78 is 10.8. The molecule has 0 saturated carbocycles. The third-order valence-electron chi connectivity index (χ3n) is 3.91. The van der Waals surface area contributed by atoms with E-state index in [1.54, 1.807) is 26.2 Å². The van der Waals surface area contributed by atoms with Gasteiger partial charge in [-0.05, 0) is 6.07 Å². The summed E-state index contributed by atoms with van der Waals surface area (Å²) in [6, 6.07) is 13.5. The van der Waals surface area contributed by atoms with Crippen LogP contribution in [0.25, 0.3) is 0 Å². The molecule has 0 aromatic heterocycles. The van der Waals surface area contributed by atoms with Crippen LogP contribution in [-0.2, 0) is 4.79 Å². The van der Waals surface area contributed by atoms with Crippen molar-refractivity contribution in [3.63, 3.8) is 0 Å². The second-order valence-corrected chi connectivity index (χ2v) is 5.21. The van der Waals surface area contributed by atoms with Gasteiger partial charge in [-0.15, -0.1) is 0 Å². The van der Waals surface area contributed by atoms with Crippen molar-refractivity contribution >= 4 is 17.3 Å². The van der Waals surface area contributed by atoms with Crippen molar-refractivity contribution in [3.8, 4) is 11.5 Å². The number of methoxy groups -OCH3 is 2. The van der Waals surface area contributed by atoms with Gasteiger partial charge in [-0.25, -0.2) is 0 Å². The first-order valence-corrected chi connectivity index (χ1v) is 7.28. The smallest absolute Gasteiger partial charge is 0.248 e. The number of hydrogen-bond acceptors (Lipinski definition) is 4. The van der Waals surface area contributed by atoms with Crippen LogP contribution in [0.15, 0.2) is 47.5 Å². The van der Waals surface area contributed by atoms with Gasteiger partial charge in [0.1, 0.15) is 6.54 Å². The number of benzodiazepines with no additional fused rings is 1. The van der Waals surface area contributed by atoms with Crippen molar-refractivity contribution in [1.82, 2.24) is 0 Å². The topological polar surface area (TPSA) is 51.1 Å². The molecule has 1 aliphatic rings. The molecule has 0 unspecified atom stereocenters. The average molecular weight is 310 g/mol. The molecule has 0 fully saturated rings. The molecule has 5 nitrogen and oxygen atoms in total. The predicted octanol–water partition coefficient (Wildman–Crippen LogP) is 2.52. The Hall–Kier alpha value is -2.82. The van der Waals surface area contributed by atoms with E-state index in [9.17, 15) is 4.79 Å². The van der Waals surface area contributed by atoms with Crippen molar-refractivity contribution in [2.75, 3.05) is 32.7 Å². The lowest BCUT2D eigenvalue weighted by molar-refractivity contribution is -0.116. The second-order valence-electron chi connectivity index (χ2n) is 5.21. The van der Waals surface area contributed by atoms with E-state index in [-0.39, 0.29) is 12.5 Å². The Morgan fingerprint density at radius 3 is 2.35 bits per heavy atom. The van der Waals surface area contributed by atoms with E-state index in [2.05, 4.69) is 4.99 Å². The average Bonchev–Trinajstić information content (AvgIpc) is 2.72. The molecule has 2 aromatic carbocycles. The molecule has 0 saturated heterocycles. The van der Waals surface area contributed by atoms with Gasteiger partial charge in [-0.1, -0.05) is 30.3 Å². The van der Waals surface area contributed by atoms with Crippen molar-refractivity contribution in [2.45, 2.75) is 0 Å². The molecular weight excluding hydrogens is 292 g/mol. The maximum atomic E-state index is 12.3. The summed E-state index contributed by atoms with van der Waals surface area (Å²) in [5.41, 5.74) is 3.35. The Bertz CT molecular complexity index is 769. The predicted molar refractivity (Wildman–Crippen MR) is 89.9 cm³/mol. The number of likely N-dealkylation sites (N-methyl/N-ethyl adjacent to an activating group) is 1.